The molecule has 3 rings (SSSR count). The van der Waals surface area contributed by atoms with Crippen molar-refractivity contribution in [3.05, 3.63) is 94.0 Å². The standard InChI is InChI=1S/C26H20ClF3N2O3/c1-2-34-24-13-18(8-11-23(24)35-16-17-6-9-21(27)10-7-17)12-19(15-31)25(33)32-22-5-3-4-20(14-22)26(28,29)30/h3-14H,2,16H2,1H3,(H,32,33)/b19-12+. The number of benzene rings is 3. The van der Waals surface area contributed by atoms with Gasteiger partial charge in [0.2, 0.25) is 0 Å². The first kappa shape index (κ1) is 25.7. The fourth-order valence-corrected chi connectivity index (χ4v) is 3.16. The number of rotatable bonds is 8. The summed E-state index contributed by atoms with van der Waals surface area (Å²) < 4.78 is 50.2. The molecule has 0 aliphatic rings. The molecule has 0 spiro atoms. The van der Waals surface area contributed by atoms with E-state index in [-0.39, 0.29) is 17.9 Å². The van der Waals surface area contributed by atoms with Crippen LogP contribution in [0, 0.1) is 11.3 Å². The summed E-state index contributed by atoms with van der Waals surface area (Å²) >= 11 is 5.90. The highest BCUT2D eigenvalue weighted by Crippen LogP contribution is 2.32. The molecule has 3 aromatic carbocycles. The second-order valence-corrected chi connectivity index (χ2v) is 7.69. The van der Waals surface area contributed by atoms with Gasteiger partial charge in [0.15, 0.2) is 11.5 Å². The van der Waals surface area contributed by atoms with E-state index in [0.29, 0.717) is 28.7 Å². The van der Waals surface area contributed by atoms with Gasteiger partial charge in [-0.15, -0.1) is 0 Å². The molecular weight excluding hydrogens is 481 g/mol. The van der Waals surface area contributed by atoms with Crippen molar-refractivity contribution in [2.45, 2.75) is 19.7 Å². The van der Waals surface area contributed by atoms with Crippen molar-refractivity contribution in [3.8, 4) is 17.6 Å². The van der Waals surface area contributed by atoms with E-state index in [1.807, 2.05) is 12.1 Å². The van der Waals surface area contributed by atoms with E-state index in [4.69, 9.17) is 21.1 Å². The maximum absolute atomic E-state index is 12.9. The van der Waals surface area contributed by atoms with Crippen molar-refractivity contribution in [2.24, 2.45) is 0 Å². The molecule has 5 nitrogen and oxygen atoms in total. The largest absolute Gasteiger partial charge is 0.490 e. The minimum Gasteiger partial charge on any atom is -0.490 e. The van der Waals surface area contributed by atoms with Crippen LogP contribution < -0.4 is 14.8 Å². The van der Waals surface area contributed by atoms with E-state index in [1.54, 1.807) is 43.3 Å². The Morgan fingerprint density at radius 1 is 1.06 bits per heavy atom. The summed E-state index contributed by atoms with van der Waals surface area (Å²) in [5.74, 6) is 0.0320. The Kier molecular flexibility index (Phi) is 8.39. The van der Waals surface area contributed by atoms with Gasteiger partial charge in [0.25, 0.3) is 5.91 Å². The van der Waals surface area contributed by atoms with E-state index in [9.17, 15) is 23.2 Å². The highest BCUT2D eigenvalue weighted by atomic mass is 35.5. The maximum atomic E-state index is 12.9. The normalized spacial score (nSPS) is 11.5. The molecule has 1 N–H and O–H groups in total. The fraction of sp³-hybridized carbons (Fsp3) is 0.154. The van der Waals surface area contributed by atoms with Crippen LogP contribution in [-0.4, -0.2) is 12.5 Å². The van der Waals surface area contributed by atoms with Crippen molar-refractivity contribution in [3.63, 3.8) is 0 Å². The van der Waals surface area contributed by atoms with Crippen LogP contribution in [0.5, 0.6) is 11.5 Å². The molecule has 0 heterocycles. The second-order valence-electron chi connectivity index (χ2n) is 7.26. The number of amides is 1. The van der Waals surface area contributed by atoms with Gasteiger partial charge in [-0.1, -0.05) is 35.9 Å². The van der Waals surface area contributed by atoms with Crippen LogP contribution >= 0.6 is 11.6 Å². The van der Waals surface area contributed by atoms with Gasteiger partial charge >= 0.3 is 6.18 Å². The summed E-state index contributed by atoms with van der Waals surface area (Å²) in [5.41, 5.74) is 0.0989. The van der Waals surface area contributed by atoms with Crippen molar-refractivity contribution >= 4 is 29.3 Å². The van der Waals surface area contributed by atoms with Crippen molar-refractivity contribution in [2.75, 3.05) is 11.9 Å². The van der Waals surface area contributed by atoms with Gasteiger partial charge in [-0.25, -0.2) is 0 Å². The number of ether oxygens (including phenoxy) is 2. The van der Waals surface area contributed by atoms with E-state index < -0.39 is 17.6 Å². The molecule has 35 heavy (non-hydrogen) atoms. The first-order chi connectivity index (χ1) is 16.7. The number of halogens is 4. The molecule has 0 unspecified atom stereocenters. The number of hydrogen-bond acceptors (Lipinski definition) is 4. The minimum atomic E-state index is -4.55. The number of anilines is 1. The van der Waals surface area contributed by atoms with E-state index in [2.05, 4.69) is 5.32 Å². The van der Waals surface area contributed by atoms with E-state index in [1.165, 1.54) is 18.2 Å². The zero-order chi connectivity index (χ0) is 25.4. The number of hydrogen-bond donors (Lipinski definition) is 1. The number of carbonyl (C=O) groups excluding carboxylic acids is 1. The fourth-order valence-electron chi connectivity index (χ4n) is 3.03. The molecule has 0 aliphatic carbocycles. The third-order valence-electron chi connectivity index (χ3n) is 4.70. The van der Waals surface area contributed by atoms with Gasteiger partial charge in [0.1, 0.15) is 18.2 Å². The number of nitrogens with zero attached hydrogens (tertiary/aromatic N) is 1. The van der Waals surface area contributed by atoms with Crippen LogP contribution in [-0.2, 0) is 17.6 Å². The molecule has 0 aliphatic heterocycles. The number of carbonyl (C=O) groups is 1. The topological polar surface area (TPSA) is 71.3 Å². The maximum Gasteiger partial charge on any atom is 0.416 e. The Bertz CT molecular complexity index is 1270. The van der Waals surface area contributed by atoms with Crippen molar-refractivity contribution < 1.29 is 27.4 Å². The van der Waals surface area contributed by atoms with Gasteiger partial charge in [0, 0.05) is 10.7 Å². The van der Waals surface area contributed by atoms with Crippen molar-refractivity contribution in [1.82, 2.24) is 0 Å². The molecule has 0 bridgehead atoms. The monoisotopic (exact) mass is 500 g/mol. The van der Waals surface area contributed by atoms with E-state index in [0.717, 1.165) is 17.7 Å². The Balaban J connectivity index is 1.78. The highest BCUT2D eigenvalue weighted by molar-refractivity contribution is 6.30. The quantitative estimate of drug-likeness (QED) is 0.270. The molecule has 1 amide bonds. The molecular formula is C26H20ClF3N2O3. The van der Waals surface area contributed by atoms with Crippen molar-refractivity contribution in [1.29, 1.82) is 5.26 Å². The Labute approximate surface area is 205 Å². The molecule has 0 fully saturated rings. The molecule has 0 atom stereocenters. The van der Waals surface area contributed by atoms with Gasteiger partial charge in [-0.05, 0) is 66.6 Å². The van der Waals surface area contributed by atoms with Crippen LogP contribution in [0.4, 0.5) is 18.9 Å². The SMILES string of the molecule is CCOc1cc(/C=C(\C#N)C(=O)Nc2cccc(C(F)(F)F)c2)ccc1OCc1ccc(Cl)cc1. The first-order valence-electron chi connectivity index (χ1n) is 10.4. The summed E-state index contributed by atoms with van der Waals surface area (Å²) in [6.45, 7) is 2.43. The van der Waals surface area contributed by atoms with Gasteiger partial charge in [-0.2, -0.15) is 18.4 Å². The lowest BCUT2D eigenvalue weighted by molar-refractivity contribution is -0.137. The number of nitrogens with one attached hydrogen (secondary N) is 1. The predicted octanol–water partition coefficient (Wildman–Crippen LogP) is 6.88. The summed E-state index contributed by atoms with van der Waals surface area (Å²) in [7, 11) is 0. The highest BCUT2D eigenvalue weighted by Gasteiger charge is 2.30. The summed E-state index contributed by atoms with van der Waals surface area (Å²) in [4.78, 5) is 12.5. The lowest BCUT2D eigenvalue weighted by Gasteiger charge is -2.13. The van der Waals surface area contributed by atoms with Crippen LogP contribution in [0.25, 0.3) is 6.08 Å². The lowest BCUT2D eigenvalue weighted by Crippen LogP contribution is -2.14. The van der Waals surface area contributed by atoms with E-state index >= 15 is 0 Å². The number of nitriles is 1. The van der Waals surface area contributed by atoms with Crippen LogP contribution in [0.15, 0.2) is 72.3 Å². The Hall–Kier alpha value is -3.96. The Morgan fingerprint density at radius 3 is 2.46 bits per heavy atom. The molecule has 180 valence electrons. The summed E-state index contributed by atoms with van der Waals surface area (Å²) in [6, 6.07) is 18.0. The zero-order valence-corrected chi connectivity index (χ0v) is 19.3. The first-order valence-corrected chi connectivity index (χ1v) is 10.8. The smallest absolute Gasteiger partial charge is 0.416 e. The molecule has 3 aromatic rings. The molecule has 0 aromatic heterocycles. The number of alkyl halides is 3. The van der Waals surface area contributed by atoms with Crippen LogP contribution in [0.1, 0.15) is 23.6 Å². The predicted molar refractivity (Wildman–Crippen MR) is 127 cm³/mol. The van der Waals surface area contributed by atoms with Crippen LogP contribution in [0.2, 0.25) is 5.02 Å². The minimum absolute atomic E-state index is 0.0769. The molecule has 0 saturated carbocycles. The van der Waals surface area contributed by atoms with Crippen LogP contribution in [0.3, 0.4) is 0 Å². The van der Waals surface area contributed by atoms with Gasteiger partial charge in [0.05, 0.1) is 12.2 Å². The third-order valence-corrected chi connectivity index (χ3v) is 4.95. The molecule has 0 saturated heterocycles. The Morgan fingerprint density at radius 2 is 1.80 bits per heavy atom. The average Bonchev–Trinajstić information content (AvgIpc) is 2.83. The van der Waals surface area contributed by atoms with Gasteiger partial charge < -0.3 is 14.8 Å². The summed E-state index contributed by atoms with van der Waals surface area (Å²) in [6.07, 6.45) is -3.24. The van der Waals surface area contributed by atoms with Gasteiger partial charge in [-0.3, -0.25) is 4.79 Å². The average molecular weight is 501 g/mol. The molecule has 0 radical (unpaired) electrons. The third kappa shape index (κ3) is 7.26. The summed E-state index contributed by atoms with van der Waals surface area (Å²) in [5, 5.41) is 12.4. The zero-order valence-electron chi connectivity index (χ0n) is 18.5. The second kappa shape index (κ2) is 11.4. The lowest BCUT2D eigenvalue weighted by atomic mass is 10.1. The molecule has 9 heteroatoms.